The molecule has 0 radical (unpaired) electrons. The molecule has 5 heteroatoms. The molecule has 0 fully saturated rings. The minimum atomic E-state index is 0.388. The van der Waals surface area contributed by atoms with Crippen LogP contribution in [0.5, 0.6) is 0 Å². The largest absolute Gasteiger partial charge is 0.242 e. The van der Waals surface area contributed by atoms with Crippen LogP contribution in [0.3, 0.4) is 0 Å². The average Bonchev–Trinajstić information content (AvgIpc) is 2.84. The summed E-state index contributed by atoms with van der Waals surface area (Å²) >= 11 is 7.11. The van der Waals surface area contributed by atoms with Crippen molar-refractivity contribution in [1.82, 2.24) is 9.97 Å². The summed E-state index contributed by atoms with van der Waals surface area (Å²) in [5.74, 6) is 0.572. The number of rotatable bonds is 3. The van der Waals surface area contributed by atoms with E-state index in [4.69, 9.17) is 0 Å². The van der Waals surface area contributed by atoms with Gasteiger partial charge in [-0.25, -0.2) is 9.97 Å². The Hall–Kier alpha value is -0.260. The summed E-state index contributed by atoms with van der Waals surface area (Å²) in [6.07, 6.45) is 1.82. The number of hydrogen-bond donors (Lipinski definition) is 0. The number of aryl methyl sites for hydroxylation is 1. The normalized spacial score (nSPS) is 13.3. The summed E-state index contributed by atoms with van der Waals surface area (Å²) in [6, 6.07) is 0. The highest BCUT2D eigenvalue weighted by atomic mass is 79.9. The van der Waals surface area contributed by atoms with Crippen LogP contribution in [0.1, 0.15) is 29.2 Å². The van der Waals surface area contributed by atoms with Crippen molar-refractivity contribution < 1.29 is 0 Å². The molecule has 1 unspecified atom stereocenters. The van der Waals surface area contributed by atoms with E-state index in [1.807, 2.05) is 11.6 Å². The first kappa shape index (κ1) is 12.2. The highest BCUT2D eigenvalue weighted by Gasteiger charge is 2.19. The Kier molecular flexibility index (Phi) is 3.77. The molecule has 2 aromatic rings. The van der Waals surface area contributed by atoms with Crippen LogP contribution in [0, 0.1) is 12.8 Å². The molecule has 0 aliphatic carbocycles. The van der Waals surface area contributed by atoms with Crippen LogP contribution in [0.25, 0.3) is 10.0 Å². The van der Waals surface area contributed by atoms with Gasteiger partial charge in [0, 0.05) is 16.5 Å². The molecule has 2 rings (SSSR count). The topological polar surface area (TPSA) is 25.8 Å². The SMILES string of the molecule is Cc1nc(-c2nccs2)sc1C(Br)C(C)C. The third kappa shape index (κ3) is 2.36. The van der Waals surface area contributed by atoms with Crippen LogP contribution in [0.15, 0.2) is 11.6 Å². The first-order chi connectivity index (χ1) is 7.59. The van der Waals surface area contributed by atoms with Gasteiger partial charge in [-0.3, -0.25) is 0 Å². The van der Waals surface area contributed by atoms with Crippen molar-refractivity contribution in [3.8, 4) is 10.0 Å². The summed E-state index contributed by atoms with van der Waals surface area (Å²) in [5, 5.41) is 4.04. The molecule has 86 valence electrons. The van der Waals surface area contributed by atoms with Crippen LogP contribution in [-0.4, -0.2) is 9.97 Å². The Balaban J connectivity index is 2.36. The number of thiazole rings is 2. The Bertz CT molecular complexity index is 462. The van der Waals surface area contributed by atoms with Crippen molar-refractivity contribution >= 4 is 38.6 Å². The van der Waals surface area contributed by atoms with Crippen LogP contribution >= 0.6 is 38.6 Å². The maximum absolute atomic E-state index is 4.59. The lowest BCUT2D eigenvalue weighted by Gasteiger charge is -2.11. The quantitative estimate of drug-likeness (QED) is 0.769. The highest BCUT2D eigenvalue weighted by Crippen LogP contribution is 2.39. The summed E-state index contributed by atoms with van der Waals surface area (Å²) < 4.78 is 0. The van der Waals surface area contributed by atoms with E-state index in [1.54, 1.807) is 22.7 Å². The molecule has 0 aromatic carbocycles. The maximum Gasteiger partial charge on any atom is 0.152 e. The molecular weight excluding hydrogens is 304 g/mol. The molecule has 2 aromatic heterocycles. The Morgan fingerprint density at radius 3 is 2.62 bits per heavy atom. The molecule has 2 heterocycles. The van der Waals surface area contributed by atoms with E-state index in [1.165, 1.54) is 4.88 Å². The van der Waals surface area contributed by atoms with Gasteiger partial charge in [0.1, 0.15) is 0 Å². The van der Waals surface area contributed by atoms with Crippen LogP contribution in [-0.2, 0) is 0 Å². The maximum atomic E-state index is 4.59. The van der Waals surface area contributed by atoms with E-state index in [0.29, 0.717) is 10.7 Å². The lowest BCUT2D eigenvalue weighted by molar-refractivity contribution is 0.645. The molecule has 0 saturated heterocycles. The van der Waals surface area contributed by atoms with Crippen molar-refractivity contribution in [3.63, 3.8) is 0 Å². The Morgan fingerprint density at radius 1 is 1.31 bits per heavy atom. The fourth-order valence-electron chi connectivity index (χ4n) is 1.39. The van der Waals surface area contributed by atoms with E-state index in [2.05, 4.69) is 46.7 Å². The van der Waals surface area contributed by atoms with Gasteiger partial charge >= 0.3 is 0 Å². The predicted molar refractivity (Wildman–Crippen MR) is 74.5 cm³/mol. The number of alkyl halides is 1. The monoisotopic (exact) mass is 316 g/mol. The fourth-order valence-corrected chi connectivity index (χ4v) is 3.90. The molecular formula is C11H13BrN2S2. The van der Waals surface area contributed by atoms with E-state index < -0.39 is 0 Å². The van der Waals surface area contributed by atoms with Gasteiger partial charge in [0.25, 0.3) is 0 Å². The minimum absolute atomic E-state index is 0.388. The molecule has 0 N–H and O–H groups in total. The van der Waals surface area contributed by atoms with Gasteiger partial charge < -0.3 is 0 Å². The Morgan fingerprint density at radius 2 is 2.06 bits per heavy atom. The summed E-state index contributed by atoms with van der Waals surface area (Å²) in [6.45, 7) is 6.49. The van der Waals surface area contributed by atoms with Gasteiger partial charge in [-0.05, 0) is 12.8 Å². The third-order valence-electron chi connectivity index (χ3n) is 2.28. The smallest absolute Gasteiger partial charge is 0.152 e. The van der Waals surface area contributed by atoms with Gasteiger partial charge in [-0.15, -0.1) is 22.7 Å². The first-order valence-corrected chi connectivity index (χ1v) is 7.72. The van der Waals surface area contributed by atoms with Gasteiger partial charge in [-0.2, -0.15) is 0 Å². The summed E-state index contributed by atoms with van der Waals surface area (Å²) in [5.41, 5.74) is 1.12. The van der Waals surface area contributed by atoms with Crippen molar-refractivity contribution in [2.24, 2.45) is 5.92 Å². The molecule has 1 atom stereocenters. The molecule has 2 nitrogen and oxygen atoms in total. The minimum Gasteiger partial charge on any atom is -0.242 e. The molecule has 16 heavy (non-hydrogen) atoms. The van der Waals surface area contributed by atoms with Crippen molar-refractivity contribution in [1.29, 1.82) is 0 Å². The molecule has 0 saturated carbocycles. The van der Waals surface area contributed by atoms with Gasteiger partial charge in [0.05, 0.1) is 10.5 Å². The van der Waals surface area contributed by atoms with Crippen LogP contribution in [0.4, 0.5) is 0 Å². The number of hydrogen-bond acceptors (Lipinski definition) is 4. The fraction of sp³-hybridized carbons (Fsp3) is 0.455. The molecule has 0 bridgehead atoms. The van der Waals surface area contributed by atoms with E-state index in [-0.39, 0.29) is 0 Å². The zero-order valence-electron chi connectivity index (χ0n) is 9.40. The van der Waals surface area contributed by atoms with Crippen molar-refractivity contribution in [2.45, 2.75) is 25.6 Å². The number of halogens is 1. The summed E-state index contributed by atoms with van der Waals surface area (Å²) in [7, 11) is 0. The second-order valence-electron chi connectivity index (χ2n) is 3.95. The van der Waals surface area contributed by atoms with E-state index in [9.17, 15) is 0 Å². The predicted octanol–water partition coefficient (Wildman–Crippen LogP) is 4.67. The van der Waals surface area contributed by atoms with Crippen LogP contribution < -0.4 is 0 Å². The lowest BCUT2D eigenvalue weighted by atomic mass is 10.1. The molecule has 0 spiro atoms. The Labute approximate surface area is 112 Å². The molecule has 0 aliphatic heterocycles. The number of nitrogens with zero attached hydrogens (tertiary/aromatic N) is 2. The summed E-state index contributed by atoms with van der Waals surface area (Å²) in [4.78, 5) is 10.6. The second-order valence-corrected chi connectivity index (χ2v) is 6.86. The third-order valence-corrected chi connectivity index (χ3v) is 6.26. The van der Waals surface area contributed by atoms with Crippen LogP contribution in [0.2, 0.25) is 0 Å². The van der Waals surface area contributed by atoms with Gasteiger partial charge in [0.15, 0.2) is 10.0 Å². The standard InChI is InChI=1S/C11H13BrN2S2/c1-6(2)8(12)9-7(3)14-11(16-9)10-13-4-5-15-10/h4-6,8H,1-3H3. The van der Waals surface area contributed by atoms with E-state index >= 15 is 0 Å². The first-order valence-electron chi connectivity index (χ1n) is 5.11. The van der Waals surface area contributed by atoms with Gasteiger partial charge in [-0.1, -0.05) is 29.8 Å². The average molecular weight is 317 g/mol. The molecule has 0 aliphatic rings. The van der Waals surface area contributed by atoms with E-state index in [0.717, 1.165) is 15.7 Å². The van der Waals surface area contributed by atoms with Gasteiger partial charge in [0.2, 0.25) is 0 Å². The van der Waals surface area contributed by atoms with Crippen molar-refractivity contribution in [3.05, 3.63) is 22.1 Å². The highest BCUT2D eigenvalue weighted by molar-refractivity contribution is 9.09. The second kappa shape index (κ2) is 4.94. The lowest BCUT2D eigenvalue weighted by Crippen LogP contribution is -1.97. The number of aromatic nitrogens is 2. The molecule has 0 amide bonds. The zero-order valence-corrected chi connectivity index (χ0v) is 12.6. The zero-order chi connectivity index (χ0) is 11.7. The van der Waals surface area contributed by atoms with Crippen molar-refractivity contribution in [2.75, 3.05) is 0 Å².